The van der Waals surface area contributed by atoms with Crippen LogP contribution in [0.5, 0.6) is 0 Å². The molecule has 6 heteroatoms. The van der Waals surface area contributed by atoms with E-state index >= 15 is 0 Å². The number of rotatable bonds is 2. The van der Waals surface area contributed by atoms with Crippen LogP contribution in [0.1, 0.15) is 0 Å². The van der Waals surface area contributed by atoms with Crippen LogP contribution in [0.2, 0.25) is 20.1 Å². The van der Waals surface area contributed by atoms with E-state index in [1.165, 1.54) is 6.07 Å². The number of nitrogens with zero attached hydrogens (tertiary/aromatic N) is 1. The minimum Gasteiger partial charge on any atom is -0.252 e. The van der Waals surface area contributed by atoms with Crippen LogP contribution in [-0.2, 0) is 0 Å². The van der Waals surface area contributed by atoms with Crippen LogP contribution in [0.3, 0.4) is 0 Å². The number of hydrogen-bond donors (Lipinski definition) is 0. The zero-order valence-electron chi connectivity index (χ0n) is 11.5. The molecule has 3 aromatic rings. The first-order valence-corrected chi connectivity index (χ1v) is 8.03. The van der Waals surface area contributed by atoms with Gasteiger partial charge >= 0.3 is 0 Å². The molecule has 0 saturated carbocycles. The summed E-state index contributed by atoms with van der Waals surface area (Å²) in [6.45, 7) is 0. The van der Waals surface area contributed by atoms with Crippen molar-refractivity contribution < 1.29 is 4.39 Å². The van der Waals surface area contributed by atoms with Crippen molar-refractivity contribution in [3.63, 3.8) is 0 Å². The second-order valence-corrected chi connectivity index (χ2v) is 6.49. The highest BCUT2D eigenvalue weighted by Gasteiger charge is 2.13. The van der Waals surface area contributed by atoms with Gasteiger partial charge in [0.25, 0.3) is 0 Å². The first-order chi connectivity index (χ1) is 11.0. The molecule has 1 nitrogen and oxygen atoms in total. The second-order valence-electron chi connectivity index (χ2n) is 4.80. The molecule has 23 heavy (non-hydrogen) atoms. The average molecular weight is 387 g/mol. The number of hydrogen-bond acceptors (Lipinski definition) is 1. The van der Waals surface area contributed by atoms with Gasteiger partial charge in [-0.25, -0.2) is 4.39 Å². The van der Waals surface area contributed by atoms with Gasteiger partial charge < -0.3 is 0 Å². The van der Waals surface area contributed by atoms with Gasteiger partial charge in [0.2, 0.25) is 0 Å². The molecule has 0 radical (unpaired) electrons. The molecule has 0 amide bonds. The molecule has 0 bridgehead atoms. The number of pyridine rings is 1. The van der Waals surface area contributed by atoms with E-state index in [1.807, 2.05) is 0 Å². The van der Waals surface area contributed by atoms with E-state index < -0.39 is 5.82 Å². The third-order valence-corrected chi connectivity index (χ3v) is 4.37. The van der Waals surface area contributed by atoms with Crippen LogP contribution in [0.25, 0.3) is 22.4 Å². The fourth-order valence-corrected chi connectivity index (χ4v) is 3.20. The lowest BCUT2D eigenvalue weighted by Gasteiger charge is -2.09. The molecule has 0 aliphatic carbocycles. The molecule has 2 aromatic carbocycles. The molecular formula is C17H8Cl4FN. The molecule has 0 atom stereocenters. The van der Waals surface area contributed by atoms with E-state index in [1.54, 1.807) is 42.6 Å². The summed E-state index contributed by atoms with van der Waals surface area (Å²) in [5.74, 6) is -0.502. The van der Waals surface area contributed by atoms with Crippen molar-refractivity contribution in [2.45, 2.75) is 0 Å². The Kier molecular flexibility index (Phi) is 4.79. The number of halogens is 5. The molecule has 1 aromatic heterocycles. The van der Waals surface area contributed by atoms with Crippen molar-refractivity contribution in [2.75, 3.05) is 0 Å². The van der Waals surface area contributed by atoms with E-state index in [4.69, 9.17) is 46.4 Å². The third kappa shape index (κ3) is 3.46. The zero-order valence-corrected chi connectivity index (χ0v) is 14.5. The van der Waals surface area contributed by atoms with Gasteiger partial charge in [-0.15, -0.1) is 0 Å². The lowest BCUT2D eigenvalue weighted by atomic mass is 10.1. The van der Waals surface area contributed by atoms with Gasteiger partial charge in [0.05, 0.1) is 5.02 Å². The molecular weight excluding hydrogens is 379 g/mol. The SMILES string of the molecule is Fc1cc(-c2ccc(Cl)cc2Cl)cnc1-c1ccc(Cl)cc1Cl. The van der Waals surface area contributed by atoms with Crippen LogP contribution in [0.4, 0.5) is 4.39 Å². The predicted octanol–water partition coefficient (Wildman–Crippen LogP) is 7.17. The summed E-state index contributed by atoms with van der Waals surface area (Å²) in [7, 11) is 0. The van der Waals surface area contributed by atoms with Crippen molar-refractivity contribution in [1.29, 1.82) is 0 Å². The first kappa shape index (κ1) is 16.5. The van der Waals surface area contributed by atoms with Crippen molar-refractivity contribution >= 4 is 46.4 Å². The van der Waals surface area contributed by atoms with Gasteiger partial charge in [0, 0.05) is 38.0 Å². The summed E-state index contributed by atoms with van der Waals surface area (Å²) >= 11 is 24.0. The maximum atomic E-state index is 14.5. The van der Waals surface area contributed by atoms with Gasteiger partial charge in [0.15, 0.2) is 0 Å². The molecule has 1 heterocycles. The molecule has 0 unspecified atom stereocenters. The Morgan fingerprint density at radius 3 is 1.83 bits per heavy atom. The summed E-state index contributed by atoms with van der Waals surface area (Å²) in [5.41, 5.74) is 1.83. The Labute approximate surface area is 152 Å². The van der Waals surface area contributed by atoms with Gasteiger partial charge in [-0.05, 0) is 36.4 Å². The van der Waals surface area contributed by atoms with E-state index in [9.17, 15) is 4.39 Å². The quantitative estimate of drug-likeness (QED) is 0.454. The lowest BCUT2D eigenvalue weighted by molar-refractivity contribution is 0.626. The first-order valence-electron chi connectivity index (χ1n) is 6.52. The molecule has 0 fully saturated rings. The smallest absolute Gasteiger partial charge is 0.150 e. The van der Waals surface area contributed by atoms with E-state index in [-0.39, 0.29) is 5.69 Å². The Hall–Kier alpha value is -1.32. The molecule has 3 rings (SSSR count). The minimum atomic E-state index is -0.502. The zero-order chi connectivity index (χ0) is 16.6. The lowest BCUT2D eigenvalue weighted by Crippen LogP contribution is -1.92. The normalized spacial score (nSPS) is 10.8. The van der Waals surface area contributed by atoms with Gasteiger partial charge in [-0.2, -0.15) is 0 Å². The summed E-state index contributed by atoms with van der Waals surface area (Å²) < 4.78 is 14.5. The van der Waals surface area contributed by atoms with Crippen LogP contribution in [0.15, 0.2) is 48.7 Å². The monoisotopic (exact) mass is 385 g/mol. The fourth-order valence-electron chi connectivity index (χ4n) is 2.19. The highest BCUT2D eigenvalue weighted by molar-refractivity contribution is 6.37. The standard InChI is InChI=1S/C17H8Cl4FN/c18-10-1-3-12(14(20)6-10)9-5-16(22)17(23-8-9)13-4-2-11(19)7-15(13)21/h1-8H. The molecule has 0 saturated heterocycles. The van der Waals surface area contributed by atoms with E-state index in [2.05, 4.69) is 4.98 Å². The molecule has 116 valence electrons. The highest BCUT2D eigenvalue weighted by atomic mass is 35.5. The second kappa shape index (κ2) is 6.66. The van der Waals surface area contributed by atoms with Crippen LogP contribution < -0.4 is 0 Å². The van der Waals surface area contributed by atoms with Crippen LogP contribution in [0, 0.1) is 5.82 Å². The maximum Gasteiger partial charge on any atom is 0.150 e. The minimum absolute atomic E-state index is 0.153. The van der Waals surface area contributed by atoms with Gasteiger partial charge in [0.1, 0.15) is 11.5 Å². The average Bonchev–Trinajstić information content (AvgIpc) is 2.48. The number of aromatic nitrogens is 1. The van der Waals surface area contributed by atoms with Crippen LogP contribution in [-0.4, -0.2) is 4.98 Å². The molecule has 0 aliphatic heterocycles. The van der Waals surface area contributed by atoms with Crippen LogP contribution >= 0.6 is 46.4 Å². The van der Waals surface area contributed by atoms with Crippen molar-refractivity contribution in [2.24, 2.45) is 0 Å². The molecule has 0 N–H and O–H groups in total. The summed E-state index contributed by atoms with van der Waals surface area (Å²) in [4.78, 5) is 4.18. The predicted molar refractivity (Wildman–Crippen MR) is 95.1 cm³/mol. The Balaban J connectivity index is 2.07. The summed E-state index contributed by atoms with van der Waals surface area (Å²) in [5, 5.41) is 1.75. The highest BCUT2D eigenvalue weighted by Crippen LogP contribution is 2.34. The summed E-state index contributed by atoms with van der Waals surface area (Å²) in [6, 6.07) is 11.2. The molecule has 0 spiro atoms. The van der Waals surface area contributed by atoms with E-state index in [0.717, 1.165) is 0 Å². The largest absolute Gasteiger partial charge is 0.252 e. The third-order valence-electron chi connectivity index (χ3n) is 3.27. The van der Waals surface area contributed by atoms with Crippen molar-refractivity contribution in [1.82, 2.24) is 4.98 Å². The van der Waals surface area contributed by atoms with Crippen molar-refractivity contribution in [3.05, 3.63) is 74.6 Å². The Morgan fingerprint density at radius 2 is 1.30 bits per heavy atom. The van der Waals surface area contributed by atoms with Crippen molar-refractivity contribution in [3.8, 4) is 22.4 Å². The van der Waals surface area contributed by atoms with Gasteiger partial charge in [-0.3, -0.25) is 4.98 Å². The van der Waals surface area contributed by atoms with E-state index in [0.29, 0.717) is 36.8 Å². The fraction of sp³-hybridized carbons (Fsp3) is 0. The van der Waals surface area contributed by atoms with Gasteiger partial charge in [-0.1, -0.05) is 52.5 Å². The Bertz CT molecular complexity index is 896. The maximum absolute atomic E-state index is 14.5. The number of benzene rings is 2. The molecule has 0 aliphatic rings. The summed E-state index contributed by atoms with van der Waals surface area (Å²) in [6.07, 6.45) is 1.54. The topological polar surface area (TPSA) is 12.9 Å². The Morgan fingerprint density at radius 1 is 0.739 bits per heavy atom.